The highest BCUT2D eigenvalue weighted by molar-refractivity contribution is 14.1. The average Bonchev–Trinajstić information content (AvgIpc) is 3.04. The van der Waals surface area contributed by atoms with Crippen LogP contribution in [0.4, 0.5) is 0 Å². The summed E-state index contributed by atoms with van der Waals surface area (Å²) in [5, 5.41) is 4.41. The molecule has 0 bridgehead atoms. The molecule has 144 valence electrons. The van der Waals surface area contributed by atoms with Gasteiger partial charge in [-0.2, -0.15) is 5.10 Å². The van der Waals surface area contributed by atoms with E-state index in [4.69, 9.17) is 21.1 Å². The minimum atomic E-state index is -0.252. The molecule has 0 spiro atoms. The first-order valence-electron chi connectivity index (χ1n) is 8.43. The summed E-state index contributed by atoms with van der Waals surface area (Å²) in [6.07, 6.45) is 4.77. The summed E-state index contributed by atoms with van der Waals surface area (Å²) >= 11 is 8.27. The molecule has 0 unspecified atom stereocenters. The highest BCUT2D eigenvalue weighted by atomic mass is 127. The maximum Gasteiger partial charge on any atom is 0.207 e. The Labute approximate surface area is 182 Å². The summed E-state index contributed by atoms with van der Waals surface area (Å²) in [7, 11) is 3.33. The molecule has 0 N–H and O–H groups in total. The van der Waals surface area contributed by atoms with Crippen LogP contribution >= 0.6 is 34.2 Å². The average molecular weight is 509 g/mol. The monoisotopic (exact) mass is 508 g/mol. The van der Waals surface area contributed by atoms with Gasteiger partial charge in [0.2, 0.25) is 5.78 Å². The Hall–Kier alpha value is -2.32. The van der Waals surface area contributed by atoms with Crippen molar-refractivity contribution in [2.75, 3.05) is 7.11 Å². The number of benzene rings is 2. The van der Waals surface area contributed by atoms with Crippen molar-refractivity contribution in [3.63, 3.8) is 0 Å². The highest BCUT2D eigenvalue weighted by Crippen LogP contribution is 2.24. The van der Waals surface area contributed by atoms with Crippen molar-refractivity contribution in [1.82, 2.24) is 9.78 Å². The molecule has 3 rings (SSSR count). The minimum Gasteiger partial charge on any atom is -0.496 e. The number of ketones is 1. The number of hydrogen-bond acceptors (Lipinski definition) is 4. The van der Waals surface area contributed by atoms with Crippen LogP contribution in [0, 0.1) is 3.57 Å². The van der Waals surface area contributed by atoms with Gasteiger partial charge in [0.1, 0.15) is 18.1 Å². The molecule has 0 saturated heterocycles. The number of allylic oxidation sites excluding steroid dienone is 1. The molecule has 0 aliphatic heterocycles. The molecule has 7 heteroatoms. The van der Waals surface area contributed by atoms with E-state index >= 15 is 0 Å². The van der Waals surface area contributed by atoms with Crippen LogP contribution < -0.4 is 9.47 Å². The van der Waals surface area contributed by atoms with Gasteiger partial charge in [-0.25, -0.2) is 0 Å². The van der Waals surface area contributed by atoms with Gasteiger partial charge >= 0.3 is 0 Å². The fourth-order valence-electron chi connectivity index (χ4n) is 2.58. The molecule has 1 aromatic heterocycles. The van der Waals surface area contributed by atoms with E-state index in [9.17, 15) is 4.79 Å². The lowest BCUT2D eigenvalue weighted by atomic mass is 10.1. The third-order valence-electron chi connectivity index (χ3n) is 3.96. The standard InChI is InChI=1S/C21H18ClIN2O3/c1-25-12-18(22)21(24-25)19(26)9-3-14-4-10-20(27-2)15(11-14)13-28-17-7-5-16(23)6-8-17/h3-12H,13H2,1-2H3/b9-3+. The van der Waals surface area contributed by atoms with Crippen molar-refractivity contribution in [1.29, 1.82) is 0 Å². The summed E-state index contributed by atoms with van der Waals surface area (Å²) in [4.78, 5) is 12.3. The molecule has 0 aliphatic carbocycles. The Morgan fingerprint density at radius 3 is 2.64 bits per heavy atom. The Balaban J connectivity index is 1.75. The number of halogens is 2. The van der Waals surface area contributed by atoms with Crippen molar-refractivity contribution in [2.45, 2.75) is 6.61 Å². The Morgan fingerprint density at radius 1 is 1.25 bits per heavy atom. The molecule has 0 amide bonds. The zero-order valence-corrected chi connectivity index (χ0v) is 18.3. The number of methoxy groups -OCH3 is 1. The van der Waals surface area contributed by atoms with Gasteiger partial charge < -0.3 is 9.47 Å². The summed E-state index contributed by atoms with van der Waals surface area (Å²) in [6, 6.07) is 13.5. The number of carbonyl (C=O) groups is 1. The number of aromatic nitrogens is 2. The van der Waals surface area contributed by atoms with Gasteiger partial charge in [0.05, 0.1) is 12.1 Å². The van der Waals surface area contributed by atoms with Crippen LogP contribution in [0.15, 0.2) is 54.7 Å². The van der Waals surface area contributed by atoms with Crippen molar-refractivity contribution in [3.8, 4) is 11.5 Å². The van der Waals surface area contributed by atoms with Crippen molar-refractivity contribution in [2.24, 2.45) is 7.05 Å². The van der Waals surface area contributed by atoms with Crippen LogP contribution in [-0.4, -0.2) is 22.7 Å². The first-order valence-corrected chi connectivity index (χ1v) is 9.89. The summed E-state index contributed by atoms with van der Waals surface area (Å²) < 4.78 is 13.9. The lowest BCUT2D eigenvalue weighted by Crippen LogP contribution is -2.00. The van der Waals surface area contributed by atoms with Crippen molar-refractivity contribution in [3.05, 3.63) is 80.2 Å². The van der Waals surface area contributed by atoms with Crippen LogP contribution in [-0.2, 0) is 13.7 Å². The molecule has 0 saturated carbocycles. The summed E-state index contributed by atoms with van der Waals surface area (Å²) in [6.45, 7) is 0.353. The number of hydrogen-bond donors (Lipinski definition) is 0. The first-order chi connectivity index (χ1) is 13.5. The molecule has 5 nitrogen and oxygen atoms in total. The topological polar surface area (TPSA) is 53.3 Å². The predicted octanol–water partition coefficient (Wildman–Crippen LogP) is 5.16. The fraction of sp³-hybridized carbons (Fsp3) is 0.143. The number of aryl methyl sites for hydroxylation is 1. The quantitative estimate of drug-likeness (QED) is 0.251. The second-order valence-corrected chi connectivity index (χ2v) is 7.66. The molecule has 28 heavy (non-hydrogen) atoms. The van der Waals surface area contributed by atoms with Crippen LogP contribution in [0.2, 0.25) is 5.02 Å². The van der Waals surface area contributed by atoms with Crippen LogP contribution in [0.1, 0.15) is 21.6 Å². The number of rotatable bonds is 7. The first kappa shape index (κ1) is 20.4. The Morgan fingerprint density at radius 2 is 2.00 bits per heavy atom. The normalized spacial score (nSPS) is 11.0. The van der Waals surface area contributed by atoms with Gasteiger partial charge in [-0.3, -0.25) is 9.48 Å². The molecule has 0 radical (unpaired) electrons. The van der Waals surface area contributed by atoms with E-state index in [0.29, 0.717) is 11.6 Å². The molecule has 3 aromatic rings. The molecule has 2 aromatic carbocycles. The van der Waals surface area contributed by atoms with Gasteiger partial charge in [-0.05, 0) is 70.6 Å². The van der Waals surface area contributed by atoms with Crippen molar-refractivity contribution >= 4 is 46.1 Å². The molecular weight excluding hydrogens is 491 g/mol. The van der Waals surface area contributed by atoms with Crippen LogP contribution in [0.3, 0.4) is 0 Å². The lowest BCUT2D eigenvalue weighted by Gasteiger charge is -2.11. The maximum absolute atomic E-state index is 12.3. The number of ether oxygens (including phenoxy) is 2. The lowest BCUT2D eigenvalue weighted by molar-refractivity contribution is 0.104. The molecule has 0 atom stereocenters. The molecule has 0 fully saturated rings. The molecule has 1 heterocycles. The second-order valence-electron chi connectivity index (χ2n) is 6.01. The SMILES string of the molecule is COc1ccc(/C=C/C(=O)c2nn(C)cc2Cl)cc1COc1ccc(I)cc1. The van der Waals surface area contributed by atoms with E-state index in [1.54, 1.807) is 26.4 Å². The van der Waals surface area contributed by atoms with Crippen LogP contribution in [0.5, 0.6) is 11.5 Å². The van der Waals surface area contributed by atoms with Gasteiger partial charge in [0, 0.05) is 22.4 Å². The highest BCUT2D eigenvalue weighted by Gasteiger charge is 2.12. The van der Waals surface area contributed by atoms with Crippen molar-refractivity contribution < 1.29 is 14.3 Å². The van der Waals surface area contributed by atoms with E-state index in [2.05, 4.69) is 27.7 Å². The molecule has 0 aliphatic rings. The summed E-state index contributed by atoms with van der Waals surface area (Å²) in [5.41, 5.74) is 1.96. The Kier molecular flexibility index (Phi) is 6.74. The third-order valence-corrected chi connectivity index (χ3v) is 4.95. The van der Waals surface area contributed by atoms with Gasteiger partial charge in [-0.15, -0.1) is 0 Å². The molecular formula is C21H18ClIN2O3. The van der Waals surface area contributed by atoms with E-state index in [1.165, 1.54) is 10.8 Å². The smallest absolute Gasteiger partial charge is 0.207 e. The van der Waals surface area contributed by atoms with Gasteiger partial charge in [-0.1, -0.05) is 23.7 Å². The zero-order chi connectivity index (χ0) is 20.1. The van der Waals surface area contributed by atoms with E-state index in [0.717, 1.165) is 26.2 Å². The van der Waals surface area contributed by atoms with E-state index in [1.807, 2.05) is 42.5 Å². The van der Waals surface area contributed by atoms with Gasteiger partial charge in [0.25, 0.3) is 0 Å². The van der Waals surface area contributed by atoms with Gasteiger partial charge in [0.15, 0.2) is 5.69 Å². The van der Waals surface area contributed by atoms with Crippen LogP contribution in [0.25, 0.3) is 6.08 Å². The zero-order valence-electron chi connectivity index (χ0n) is 15.4. The number of carbonyl (C=O) groups excluding carboxylic acids is 1. The second kappa shape index (κ2) is 9.25. The minimum absolute atomic E-state index is 0.233. The predicted molar refractivity (Wildman–Crippen MR) is 118 cm³/mol. The fourth-order valence-corrected chi connectivity index (χ4v) is 3.22. The van der Waals surface area contributed by atoms with E-state index in [-0.39, 0.29) is 11.5 Å². The maximum atomic E-state index is 12.3. The largest absolute Gasteiger partial charge is 0.496 e. The number of nitrogens with zero attached hydrogens (tertiary/aromatic N) is 2. The summed E-state index contributed by atoms with van der Waals surface area (Å²) in [5.74, 6) is 1.25. The van der Waals surface area contributed by atoms with E-state index < -0.39 is 0 Å². The Bertz CT molecular complexity index is 1010. The third kappa shape index (κ3) is 5.14.